The van der Waals surface area contributed by atoms with Gasteiger partial charge in [-0.25, -0.2) is 4.68 Å². The summed E-state index contributed by atoms with van der Waals surface area (Å²) in [6, 6.07) is 7.05. The van der Waals surface area contributed by atoms with E-state index in [-0.39, 0.29) is 24.4 Å². The molecule has 8 nitrogen and oxygen atoms in total. The van der Waals surface area contributed by atoms with Gasteiger partial charge in [-0.15, -0.1) is 5.10 Å². The molecule has 0 atom stereocenters. The number of benzene rings is 1. The summed E-state index contributed by atoms with van der Waals surface area (Å²) in [6.07, 6.45) is 0.204. The number of rotatable bonds is 6. The van der Waals surface area contributed by atoms with E-state index in [9.17, 15) is 9.59 Å². The molecule has 1 saturated heterocycles. The van der Waals surface area contributed by atoms with Crippen LogP contribution in [0.2, 0.25) is 0 Å². The van der Waals surface area contributed by atoms with Gasteiger partial charge in [0.05, 0.1) is 25.1 Å². The van der Waals surface area contributed by atoms with E-state index < -0.39 is 0 Å². The Morgan fingerprint density at radius 1 is 1.21 bits per heavy atom. The third-order valence-electron chi connectivity index (χ3n) is 4.03. The summed E-state index contributed by atoms with van der Waals surface area (Å²) in [5.74, 6) is -0.0925. The van der Waals surface area contributed by atoms with Crippen LogP contribution >= 0.6 is 0 Å². The Labute approximate surface area is 139 Å². The van der Waals surface area contributed by atoms with Crippen LogP contribution in [0.25, 0.3) is 10.9 Å². The molecule has 1 fully saturated rings. The number of aromatic nitrogens is 3. The monoisotopic (exact) mass is 331 g/mol. The second kappa shape index (κ2) is 7.98. The molecule has 24 heavy (non-hydrogen) atoms. The lowest BCUT2D eigenvalue weighted by molar-refractivity contribution is -0.121. The quantitative estimate of drug-likeness (QED) is 0.777. The third-order valence-corrected chi connectivity index (χ3v) is 4.03. The summed E-state index contributed by atoms with van der Waals surface area (Å²) in [4.78, 5) is 26.4. The van der Waals surface area contributed by atoms with E-state index in [1.54, 1.807) is 18.2 Å². The van der Waals surface area contributed by atoms with Crippen molar-refractivity contribution in [2.24, 2.45) is 0 Å². The summed E-state index contributed by atoms with van der Waals surface area (Å²) >= 11 is 0. The van der Waals surface area contributed by atoms with Gasteiger partial charge >= 0.3 is 0 Å². The molecule has 0 radical (unpaired) electrons. The molecule has 0 bridgehead atoms. The van der Waals surface area contributed by atoms with E-state index in [1.807, 2.05) is 6.07 Å². The molecular formula is C16H21N5O3. The fourth-order valence-electron chi connectivity index (χ4n) is 2.64. The number of hydrogen-bond acceptors (Lipinski definition) is 6. The first-order valence-corrected chi connectivity index (χ1v) is 8.13. The number of morpholine rings is 1. The average molecular weight is 331 g/mol. The van der Waals surface area contributed by atoms with Crippen LogP contribution in [-0.4, -0.2) is 65.2 Å². The van der Waals surface area contributed by atoms with Gasteiger partial charge in [0.25, 0.3) is 5.56 Å². The molecule has 1 amide bonds. The molecular weight excluding hydrogens is 310 g/mol. The summed E-state index contributed by atoms with van der Waals surface area (Å²) in [7, 11) is 0. The maximum absolute atomic E-state index is 12.3. The predicted octanol–water partition coefficient (Wildman–Crippen LogP) is -0.370. The molecule has 1 aromatic heterocycles. The van der Waals surface area contributed by atoms with E-state index in [2.05, 4.69) is 20.5 Å². The highest BCUT2D eigenvalue weighted by atomic mass is 16.5. The Bertz CT molecular complexity index is 755. The van der Waals surface area contributed by atoms with Gasteiger partial charge < -0.3 is 10.1 Å². The van der Waals surface area contributed by atoms with Crippen LogP contribution in [0.5, 0.6) is 0 Å². The summed E-state index contributed by atoms with van der Waals surface area (Å²) in [5.41, 5.74) is 0.343. The second-order valence-electron chi connectivity index (χ2n) is 5.69. The molecule has 2 heterocycles. The summed E-state index contributed by atoms with van der Waals surface area (Å²) < 4.78 is 6.52. The summed E-state index contributed by atoms with van der Waals surface area (Å²) in [5, 5.41) is 11.3. The van der Waals surface area contributed by atoms with E-state index in [0.29, 0.717) is 17.4 Å². The maximum Gasteiger partial charge on any atom is 0.277 e. The van der Waals surface area contributed by atoms with Crippen molar-refractivity contribution in [2.45, 2.75) is 13.0 Å². The Hall–Kier alpha value is -2.32. The topological polar surface area (TPSA) is 89.3 Å². The zero-order valence-electron chi connectivity index (χ0n) is 13.5. The smallest absolute Gasteiger partial charge is 0.277 e. The number of nitrogens with one attached hydrogen (secondary N) is 1. The molecule has 1 aromatic carbocycles. The van der Waals surface area contributed by atoms with Crippen LogP contribution in [-0.2, 0) is 16.1 Å². The number of amides is 1. The van der Waals surface area contributed by atoms with E-state index in [1.165, 1.54) is 4.68 Å². The van der Waals surface area contributed by atoms with E-state index >= 15 is 0 Å². The van der Waals surface area contributed by atoms with Crippen molar-refractivity contribution in [1.29, 1.82) is 0 Å². The van der Waals surface area contributed by atoms with Crippen LogP contribution in [0.4, 0.5) is 0 Å². The largest absolute Gasteiger partial charge is 0.379 e. The normalized spacial score (nSPS) is 15.5. The molecule has 1 aliphatic rings. The fourth-order valence-corrected chi connectivity index (χ4v) is 2.64. The lowest BCUT2D eigenvalue weighted by atomic mass is 10.2. The van der Waals surface area contributed by atoms with Crippen molar-refractivity contribution < 1.29 is 9.53 Å². The SMILES string of the molecule is O=C(CCn1nnc2ccccc2c1=O)NCCN1CCOCC1. The van der Waals surface area contributed by atoms with Crippen LogP contribution in [0.3, 0.4) is 0 Å². The minimum absolute atomic E-state index is 0.0925. The molecule has 0 saturated carbocycles. The Kier molecular flexibility index (Phi) is 5.50. The molecule has 0 aliphatic carbocycles. The average Bonchev–Trinajstić information content (AvgIpc) is 2.62. The maximum atomic E-state index is 12.3. The number of carbonyl (C=O) groups is 1. The standard InChI is InChI=1S/C16H21N5O3/c22-15(17-6-8-20-9-11-24-12-10-20)5-7-21-16(23)13-3-1-2-4-14(13)18-19-21/h1-4H,5-12H2,(H,17,22). The van der Waals surface area contributed by atoms with Gasteiger partial charge in [-0.05, 0) is 12.1 Å². The molecule has 8 heteroatoms. The van der Waals surface area contributed by atoms with Crippen molar-refractivity contribution in [1.82, 2.24) is 25.2 Å². The number of fused-ring (bicyclic) bond motifs is 1. The zero-order chi connectivity index (χ0) is 16.8. The number of ether oxygens (including phenoxy) is 1. The molecule has 2 aromatic rings. The van der Waals surface area contributed by atoms with Gasteiger partial charge in [-0.2, -0.15) is 0 Å². The molecule has 0 unspecified atom stereocenters. The molecule has 1 aliphatic heterocycles. The third kappa shape index (κ3) is 4.15. The van der Waals surface area contributed by atoms with Gasteiger partial charge in [0.15, 0.2) is 0 Å². The Balaban J connectivity index is 1.47. The fraction of sp³-hybridized carbons (Fsp3) is 0.500. The number of nitrogens with zero attached hydrogens (tertiary/aromatic N) is 4. The van der Waals surface area contributed by atoms with Crippen LogP contribution in [0.1, 0.15) is 6.42 Å². The zero-order valence-corrected chi connectivity index (χ0v) is 13.5. The lowest BCUT2D eigenvalue weighted by Crippen LogP contribution is -2.41. The van der Waals surface area contributed by atoms with Gasteiger partial charge in [-0.1, -0.05) is 17.3 Å². The van der Waals surface area contributed by atoms with Crippen molar-refractivity contribution in [3.63, 3.8) is 0 Å². The van der Waals surface area contributed by atoms with Crippen molar-refractivity contribution in [2.75, 3.05) is 39.4 Å². The van der Waals surface area contributed by atoms with Crippen molar-refractivity contribution in [3.8, 4) is 0 Å². The predicted molar refractivity (Wildman–Crippen MR) is 88.7 cm³/mol. The van der Waals surface area contributed by atoms with Crippen molar-refractivity contribution in [3.05, 3.63) is 34.6 Å². The van der Waals surface area contributed by atoms with Gasteiger partial charge in [0.2, 0.25) is 5.91 Å². The molecule has 0 spiro atoms. The minimum atomic E-state index is -0.221. The van der Waals surface area contributed by atoms with E-state index in [0.717, 1.165) is 32.8 Å². The Morgan fingerprint density at radius 2 is 2.00 bits per heavy atom. The first-order valence-electron chi connectivity index (χ1n) is 8.13. The van der Waals surface area contributed by atoms with Crippen LogP contribution in [0.15, 0.2) is 29.1 Å². The number of carbonyl (C=O) groups excluding carboxylic acids is 1. The highest BCUT2D eigenvalue weighted by Crippen LogP contribution is 2.03. The van der Waals surface area contributed by atoms with Crippen molar-refractivity contribution >= 4 is 16.8 Å². The minimum Gasteiger partial charge on any atom is -0.379 e. The summed E-state index contributed by atoms with van der Waals surface area (Å²) in [6.45, 7) is 4.92. The first-order chi connectivity index (χ1) is 11.7. The molecule has 3 rings (SSSR count). The van der Waals surface area contributed by atoms with Gasteiger partial charge in [0.1, 0.15) is 5.52 Å². The first kappa shape index (κ1) is 16.5. The second-order valence-corrected chi connectivity index (χ2v) is 5.69. The molecule has 128 valence electrons. The Morgan fingerprint density at radius 3 is 2.83 bits per heavy atom. The lowest BCUT2D eigenvalue weighted by Gasteiger charge is -2.26. The van der Waals surface area contributed by atoms with Gasteiger partial charge in [0, 0.05) is 32.6 Å². The highest BCUT2D eigenvalue weighted by molar-refractivity contribution is 5.77. The highest BCUT2D eigenvalue weighted by Gasteiger charge is 2.11. The van der Waals surface area contributed by atoms with Crippen LogP contribution < -0.4 is 10.9 Å². The van der Waals surface area contributed by atoms with Crippen LogP contribution in [0, 0.1) is 0 Å². The molecule has 1 N–H and O–H groups in total. The number of aryl methyl sites for hydroxylation is 1. The van der Waals surface area contributed by atoms with Gasteiger partial charge in [-0.3, -0.25) is 14.5 Å². The number of hydrogen-bond donors (Lipinski definition) is 1. The van der Waals surface area contributed by atoms with E-state index in [4.69, 9.17) is 4.74 Å².